The molecule has 0 aliphatic heterocycles. The minimum absolute atomic E-state index is 0.0468. The first-order valence-electron chi connectivity index (χ1n) is 5.28. The Kier molecular flexibility index (Phi) is 4.02. The van der Waals surface area contributed by atoms with Crippen molar-refractivity contribution in [1.29, 1.82) is 0 Å². The van der Waals surface area contributed by atoms with E-state index in [1.54, 1.807) is 29.8 Å². The van der Waals surface area contributed by atoms with Gasteiger partial charge in [-0.05, 0) is 46.6 Å². The topological polar surface area (TPSA) is 22.0 Å². The van der Waals surface area contributed by atoms with Crippen LogP contribution >= 0.6 is 31.9 Å². The van der Waals surface area contributed by atoms with E-state index in [0.29, 0.717) is 16.6 Å². The molecule has 0 fully saturated rings. The maximum atomic E-state index is 13.0. The Bertz CT molecular complexity index is 652. The summed E-state index contributed by atoms with van der Waals surface area (Å²) in [7, 11) is 0. The van der Waals surface area contributed by atoms with E-state index in [2.05, 4.69) is 31.9 Å². The zero-order chi connectivity index (χ0) is 13.3. The lowest BCUT2D eigenvalue weighted by Gasteiger charge is -2.09. The second-order valence-electron chi connectivity index (χ2n) is 4.01. The minimum Gasteiger partial charge on any atom is -0.310 e. The molecule has 94 valence electrons. The predicted molar refractivity (Wildman–Crippen MR) is 76.3 cm³/mol. The number of benzene rings is 1. The number of hydrogen-bond donors (Lipinski definition) is 0. The first-order valence-corrected chi connectivity index (χ1v) is 6.86. The molecule has 0 radical (unpaired) electrons. The summed E-state index contributed by atoms with van der Waals surface area (Å²) >= 11 is 6.66. The molecule has 0 atom stereocenters. The molecule has 2 aromatic rings. The number of aryl methyl sites for hydroxylation is 1. The molecule has 1 aromatic carbocycles. The Hall–Kier alpha value is -0.940. The summed E-state index contributed by atoms with van der Waals surface area (Å²) in [5.41, 5.74) is 1.48. The van der Waals surface area contributed by atoms with Crippen LogP contribution in [0.2, 0.25) is 0 Å². The quantitative estimate of drug-likeness (QED) is 0.782. The molecule has 5 heteroatoms. The summed E-state index contributed by atoms with van der Waals surface area (Å²) in [5.74, 6) is -0.302. The number of rotatable bonds is 2. The van der Waals surface area contributed by atoms with Gasteiger partial charge >= 0.3 is 0 Å². The van der Waals surface area contributed by atoms with Gasteiger partial charge in [-0.15, -0.1) is 0 Å². The maximum Gasteiger partial charge on any atom is 0.253 e. The molecule has 0 aliphatic rings. The van der Waals surface area contributed by atoms with E-state index in [0.717, 1.165) is 10.0 Å². The van der Waals surface area contributed by atoms with E-state index in [1.165, 1.54) is 12.1 Å². The van der Waals surface area contributed by atoms with Crippen LogP contribution in [0.15, 0.2) is 44.2 Å². The third-order valence-electron chi connectivity index (χ3n) is 2.59. The lowest BCUT2D eigenvalue weighted by Crippen LogP contribution is -2.22. The van der Waals surface area contributed by atoms with Gasteiger partial charge < -0.3 is 4.57 Å². The van der Waals surface area contributed by atoms with Gasteiger partial charge in [0.15, 0.2) is 0 Å². The molecular formula is C13H10Br2FNO. The van der Waals surface area contributed by atoms with Gasteiger partial charge in [-0.1, -0.05) is 22.0 Å². The van der Waals surface area contributed by atoms with E-state index >= 15 is 0 Å². The van der Waals surface area contributed by atoms with Crippen molar-refractivity contribution in [2.75, 3.05) is 0 Å². The summed E-state index contributed by atoms with van der Waals surface area (Å²) in [6.45, 7) is 2.17. The van der Waals surface area contributed by atoms with Crippen LogP contribution in [-0.4, -0.2) is 4.57 Å². The highest BCUT2D eigenvalue weighted by Gasteiger charge is 2.06. The van der Waals surface area contributed by atoms with Crippen molar-refractivity contribution < 1.29 is 4.39 Å². The summed E-state index contributed by atoms with van der Waals surface area (Å²) in [5, 5.41) is 0. The Morgan fingerprint density at radius 3 is 2.67 bits per heavy atom. The molecule has 0 saturated heterocycles. The highest BCUT2D eigenvalue weighted by atomic mass is 79.9. The monoisotopic (exact) mass is 373 g/mol. The highest BCUT2D eigenvalue weighted by Crippen LogP contribution is 2.19. The molecule has 0 N–H and O–H groups in total. The average molecular weight is 375 g/mol. The molecule has 0 aliphatic carbocycles. The van der Waals surface area contributed by atoms with Crippen molar-refractivity contribution in [3.63, 3.8) is 0 Å². The van der Waals surface area contributed by atoms with Crippen LogP contribution in [0, 0.1) is 12.7 Å². The van der Waals surface area contributed by atoms with Gasteiger partial charge in [0.2, 0.25) is 0 Å². The van der Waals surface area contributed by atoms with Gasteiger partial charge in [0.05, 0.1) is 6.54 Å². The third kappa shape index (κ3) is 2.90. The average Bonchev–Trinajstić information content (AvgIpc) is 2.29. The van der Waals surface area contributed by atoms with Crippen LogP contribution in [-0.2, 0) is 6.54 Å². The van der Waals surface area contributed by atoms with Crippen LogP contribution in [0.25, 0.3) is 0 Å². The van der Waals surface area contributed by atoms with Crippen LogP contribution in [0.1, 0.15) is 11.1 Å². The molecule has 18 heavy (non-hydrogen) atoms. The number of nitrogens with zero attached hydrogens (tertiary/aromatic N) is 1. The Labute approximate surface area is 121 Å². The molecule has 1 aromatic heterocycles. The zero-order valence-corrected chi connectivity index (χ0v) is 12.8. The first-order chi connectivity index (χ1) is 8.47. The van der Waals surface area contributed by atoms with E-state index in [-0.39, 0.29) is 11.4 Å². The normalized spacial score (nSPS) is 10.7. The Morgan fingerprint density at radius 2 is 2.00 bits per heavy atom. The molecule has 0 saturated carbocycles. The number of halogens is 3. The van der Waals surface area contributed by atoms with Crippen molar-refractivity contribution in [3.8, 4) is 0 Å². The SMILES string of the molecule is Cc1cc(Br)cn(Cc2ccc(F)cc2Br)c1=O. The lowest BCUT2D eigenvalue weighted by atomic mass is 10.2. The van der Waals surface area contributed by atoms with Gasteiger partial charge in [0.25, 0.3) is 5.56 Å². The smallest absolute Gasteiger partial charge is 0.253 e. The van der Waals surface area contributed by atoms with Crippen molar-refractivity contribution >= 4 is 31.9 Å². The predicted octanol–water partition coefficient (Wildman–Crippen LogP) is 3.87. The largest absolute Gasteiger partial charge is 0.310 e. The summed E-state index contributed by atoms with van der Waals surface area (Å²) in [6, 6.07) is 6.22. The minimum atomic E-state index is -0.302. The second kappa shape index (κ2) is 5.36. The number of pyridine rings is 1. The van der Waals surface area contributed by atoms with Crippen molar-refractivity contribution in [3.05, 3.63) is 66.7 Å². The second-order valence-corrected chi connectivity index (χ2v) is 5.78. The molecule has 0 unspecified atom stereocenters. The van der Waals surface area contributed by atoms with E-state index in [9.17, 15) is 9.18 Å². The fourth-order valence-corrected chi connectivity index (χ4v) is 2.76. The van der Waals surface area contributed by atoms with E-state index < -0.39 is 0 Å². The molecule has 2 nitrogen and oxygen atoms in total. The molecule has 0 spiro atoms. The van der Waals surface area contributed by atoms with Crippen LogP contribution in [0.4, 0.5) is 4.39 Å². The standard InChI is InChI=1S/C13H10Br2FNO/c1-8-4-10(14)7-17(13(8)18)6-9-2-3-11(16)5-12(9)15/h2-5,7H,6H2,1H3. The molecular weight excluding hydrogens is 365 g/mol. The fourth-order valence-electron chi connectivity index (χ4n) is 1.69. The van der Waals surface area contributed by atoms with Gasteiger partial charge in [-0.25, -0.2) is 4.39 Å². The first kappa shape index (κ1) is 13.5. The summed E-state index contributed by atoms with van der Waals surface area (Å²) in [6.07, 6.45) is 1.73. The molecule has 0 amide bonds. The molecule has 1 heterocycles. The van der Waals surface area contributed by atoms with Gasteiger partial charge in [0, 0.05) is 20.7 Å². The number of hydrogen-bond acceptors (Lipinski definition) is 1. The van der Waals surface area contributed by atoms with Crippen LogP contribution < -0.4 is 5.56 Å². The van der Waals surface area contributed by atoms with Crippen LogP contribution in [0.5, 0.6) is 0 Å². The van der Waals surface area contributed by atoms with E-state index in [4.69, 9.17) is 0 Å². The van der Waals surface area contributed by atoms with Crippen molar-refractivity contribution in [1.82, 2.24) is 4.57 Å². The molecule has 0 bridgehead atoms. The van der Waals surface area contributed by atoms with Gasteiger partial charge in [0.1, 0.15) is 5.82 Å². The third-order valence-corrected chi connectivity index (χ3v) is 3.76. The highest BCUT2D eigenvalue weighted by molar-refractivity contribution is 9.10. The molecule has 2 rings (SSSR count). The summed E-state index contributed by atoms with van der Waals surface area (Å²) < 4.78 is 16.1. The summed E-state index contributed by atoms with van der Waals surface area (Å²) in [4.78, 5) is 12.0. The number of aromatic nitrogens is 1. The van der Waals surface area contributed by atoms with Gasteiger partial charge in [-0.3, -0.25) is 4.79 Å². The van der Waals surface area contributed by atoms with Gasteiger partial charge in [-0.2, -0.15) is 0 Å². The Balaban J connectivity index is 2.43. The van der Waals surface area contributed by atoms with Crippen molar-refractivity contribution in [2.24, 2.45) is 0 Å². The fraction of sp³-hybridized carbons (Fsp3) is 0.154. The Morgan fingerprint density at radius 1 is 1.28 bits per heavy atom. The lowest BCUT2D eigenvalue weighted by molar-refractivity contribution is 0.624. The van der Waals surface area contributed by atoms with Crippen LogP contribution in [0.3, 0.4) is 0 Å². The maximum absolute atomic E-state index is 13.0. The van der Waals surface area contributed by atoms with Crippen molar-refractivity contribution in [2.45, 2.75) is 13.5 Å². The zero-order valence-electron chi connectivity index (χ0n) is 9.58. The van der Waals surface area contributed by atoms with E-state index in [1.807, 2.05) is 0 Å².